The van der Waals surface area contributed by atoms with E-state index < -0.39 is 0 Å². The van der Waals surface area contributed by atoms with Crippen molar-refractivity contribution in [2.75, 3.05) is 12.8 Å². The van der Waals surface area contributed by atoms with Crippen molar-refractivity contribution in [1.29, 1.82) is 0 Å². The zero-order chi connectivity index (χ0) is 9.14. The number of ether oxygens (including phenoxy) is 1. The molecule has 1 heterocycles. The molecule has 1 aromatic rings. The van der Waals surface area contributed by atoms with Gasteiger partial charge in [0.05, 0.1) is 12.8 Å². The molecule has 66 valence electrons. The van der Waals surface area contributed by atoms with Gasteiger partial charge in [-0.05, 0) is 5.92 Å². The summed E-state index contributed by atoms with van der Waals surface area (Å²) in [4.78, 5) is 7.95. The third-order valence-electron chi connectivity index (χ3n) is 1.62. The van der Waals surface area contributed by atoms with Crippen LogP contribution in [-0.2, 0) is 0 Å². The summed E-state index contributed by atoms with van der Waals surface area (Å²) in [6, 6.07) is 0. The van der Waals surface area contributed by atoms with Crippen molar-refractivity contribution in [2.45, 2.75) is 19.8 Å². The van der Waals surface area contributed by atoms with Crippen LogP contribution in [0.3, 0.4) is 0 Å². The number of rotatable bonds is 2. The topological polar surface area (TPSA) is 61.0 Å². The Morgan fingerprint density at radius 3 is 2.58 bits per heavy atom. The maximum Gasteiger partial charge on any atom is 0.240 e. The molecule has 0 fully saturated rings. The second-order valence-electron chi connectivity index (χ2n) is 2.84. The smallest absolute Gasteiger partial charge is 0.240 e. The highest BCUT2D eigenvalue weighted by atomic mass is 16.5. The number of nitrogens with zero attached hydrogens (tertiary/aromatic N) is 2. The molecule has 0 bridgehead atoms. The first-order chi connectivity index (χ1) is 5.66. The van der Waals surface area contributed by atoms with Crippen LogP contribution in [0.25, 0.3) is 0 Å². The Bertz CT molecular complexity index is 273. The third kappa shape index (κ3) is 1.47. The molecule has 0 saturated heterocycles. The van der Waals surface area contributed by atoms with Crippen molar-refractivity contribution in [1.82, 2.24) is 9.97 Å². The summed E-state index contributed by atoms with van der Waals surface area (Å²) in [5, 5.41) is 0. The molecule has 4 nitrogen and oxygen atoms in total. The minimum atomic E-state index is 0.293. The Labute approximate surface area is 71.8 Å². The Kier molecular flexibility index (Phi) is 2.47. The van der Waals surface area contributed by atoms with Gasteiger partial charge in [-0.2, -0.15) is 4.98 Å². The van der Waals surface area contributed by atoms with E-state index in [-0.39, 0.29) is 0 Å². The van der Waals surface area contributed by atoms with Crippen molar-refractivity contribution in [3.05, 3.63) is 12.0 Å². The van der Waals surface area contributed by atoms with Gasteiger partial charge >= 0.3 is 0 Å². The molecule has 0 spiro atoms. The van der Waals surface area contributed by atoms with Gasteiger partial charge in [0.1, 0.15) is 12.0 Å². The van der Waals surface area contributed by atoms with E-state index >= 15 is 0 Å². The standard InChI is InChI=1S/C8H13N3O/c1-5(2)7-6(9)8(12-3)11-4-10-7/h4-5H,9H2,1-3H3. The summed E-state index contributed by atoms with van der Waals surface area (Å²) < 4.78 is 4.96. The normalized spacial score (nSPS) is 10.3. The lowest BCUT2D eigenvalue weighted by Crippen LogP contribution is -2.04. The second-order valence-corrected chi connectivity index (χ2v) is 2.84. The molecular weight excluding hydrogens is 154 g/mol. The summed E-state index contributed by atoms with van der Waals surface area (Å²) in [6.45, 7) is 4.05. The van der Waals surface area contributed by atoms with Crippen LogP contribution < -0.4 is 10.5 Å². The van der Waals surface area contributed by atoms with Crippen molar-refractivity contribution in [2.24, 2.45) is 0 Å². The molecule has 0 aliphatic rings. The van der Waals surface area contributed by atoms with E-state index in [1.807, 2.05) is 13.8 Å². The Hall–Kier alpha value is -1.32. The van der Waals surface area contributed by atoms with E-state index in [1.54, 1.807) is 7.11 Å². The van der Waals surface area contributed by atoms with Crippen LogP contribution in [0.5, 0.6) is 5.88 Å². The third-order valence-corrected chi connectivity index (χ3v) is 1.62. The molecule has 0 aliphatic heterocycles. The van der Waals surface area contributed by atoms with Crippen LogP contribution in [0.1, 0.15) is 25.5 Å². The average Bonchev–Trinajstić information content (AvgIpc) is 2.04. The molecule has 0 atom stereocenters. The fourth-order valence-electron chi connectivity index (χ4n) is 1.01. The van der Waals surface area contributed by atoms with E-state index in [1.165, 1.54) is 6.33 Å². The molecular formula is C8H13N3O. The lowest BCUT2D eigenvalue weighted by Gasteiger charge is -2.09. The van der Waals surface area contributed by atoms with Crippen LogP contribution in [0.15, 0.2) is 6.33 Å². The van der Waals surface area contributed by atoms with E-state index in [0.29, 0.717) is 17.5 Å². The van der Waals surface area contributed by atoms with E-state index in [4.69, 9.17) is 10.5 Å². The molecule has 0 radical (unpaired) electrons. The second kappa shape index (κ2) is 3.38. The van der Waals surface area contributed by atoms with Gasteiger partial charge in [-0.1, -0.05) is 13.8 Å². The lowest BCUT2D eigenvalue weighted by atomic mass is 10.1. The van der Waals surface area contributed by atoms with E-state index in [9.17, 15) is 0 Å². The van der Waals surface area contributed by atoms with Gasteiger partial charge in [-0.3, -0.25) is 0 Å². The fraction of sp³-hybridized carbons (Fsp3) is 0.500. The highest BCUT2D eigenvalue weighted by Gasteiger charge is 2.10. The molecule has 1 rings (SSSR count). The highest BCUT2D eigenvalue weighted by molar-refractivity contribution is 5.52. The Balaban J connectivity index is 3.14. The van der Waals surface area contributed by atoms with E-state index in [2.05, 4.69) is 9.97 Å². The van der Waals surface area contributed by atoms with Crippen LogP contribution in [0.4, 0.5) is 5.69 Å². The van der Waals surface area contributed by atoms with Crippen LogP contribution in [0.2, 0.25) is 0 Å². The van der Waals surface area contributed by atoms with Gasteiger partial charge in [0.25, 0.3) is 0 Å². The molecule has 0 unspecified atom stereocenters. The Morgan fingerprint density at radius 2 is 2.08 bits per heavy atom. The first kappa shape index (κ1) is 8.77. The van der Waals surface area contributed by atoms with Crippen LogP contribution in [-0.4, -0.2) is 17.1 Å². The minimum absolute atomic E-state index is 0.293. The number of hydrogen-bond acceptors (Lipinski definition) is 4. The maximum absolute atomic E-state index is 5.74. The number of hydrogen-bond donors (Lipinski definition) is 1. The molecule has 1 aromatic heterocycles. The SMILES string of the molecule is COc1ncnc(C(C)C)c1N. The highest BCUT2D eigenvalue weighted by Crippen LogP contribution is 2.25. The first-order valence-electron chi connectivity index (χ1n) is 3.81. The Morgan fingerprint density at radius 1 is 1.42 bits per heavy atom. The number of nitrogens with two attached hydrogens (primary N) is 1. The number of nitrogen functional groups attached to an aromatic ring is 1. The number of methoxy groups -OCH3 is 1. The van der Waals surface area contributed by atoms with E-state index in [0.717, 1.165) is 5.69 Å². The van der Waals surface area contributed by atoms with Gasteiger partial charge in [-0.15, -0.1) is 0 Å². The number of aromatic nitrogens is 2. The summed E-state index contributed by atoms with van der Waals surface area (Å²) in [7, 11) is 1.54. The number of anilines is 1. The van der Waals surface area contributed by atoms with Gasteiger partial charge in [0.15, 0.2) is 0 Å². The van der Waals surface area contributed by atoms with Crippen LogP contribution in [0, 0.1) is 0 Å². The summed E-state index contributed by atoms with van der Waals surface area (Å²) in [5.74, 6) is 0.746. The van der Waals surface area contributed by atoms with Crippen molar-refractivity contribution in [3.63, 3.8) is 0 Å². The molecule has 0 aliphatic carbocycles. The molecule has 0 amide bonds. The molecule has 2 N–H and O–H groups in total. The summed E-state index contributed by atoms with van der Waals surface area (Å²) in [5.41, 5.74) is 7.12. The largest absolute Gasteiger partial charge is 0.479 e. The van der Waals surface area contributed by atoms with Gasteiger partial charge in [0.2, 0.25) is 5.88 Å². The molecule has 0 saturated carbocycles. The average molecular weight is 167 g/mol. The van der Waals surface area contributed by atoms with Gasteiger partial charge in [-0.25, -0.2) is 4.98 Å². The lowest BCUT2D eigenvalue weighted by molar-refractivity contribution is 0.398. The van der Waals surface area contributed by atoms with Gasteiger partial charge < -0.3 is 10.5 Å². The molecule has 12 heavy (non-hydrogen) atoms. The van der Waals surface area contributed by atoms with Crippen molar-refractivity contribution >= 4 is 5.69 Å². The zero-order valence-corrected chi connectivity index (χ0v) is 7.53. The minimum Gasteiger partial charge on any atom is -0.479 e. The summed E-state index contributed by atoms with van der Waals surface area (Å²) >= 11 is 0. The predicted molar refractivity (Wildman–Crippen MR) is 47.1 cm³/mol. The maximum atomic E-state index is 5.74. The molecule has 0 aromatic carbocycles. The van der Waals surface area contributed by atoms with Crippen molar-refractivity contribution < 1.29 is 4.74 Å². The quantitative estimate of drug-likeness (QED) is 0.718. The predicted octanol–water partition coefficient (Wildman–Crippen LogP) is 1.19. The zero-order valence-electron chi connectivity index (χ0n) is 7.53. The van der Waals surface area contributed by atoms with Crippen LogP contribution >= 0.6 is 0 Å². The monoisotopic (exact) mass is 167 g/mol. The summed E-state index contributed by atoms with van der Waals surface area (Å²) in [6.07, 6.45) is 1.46. The first-order valence-corrected chi connectivity index (χ1v) is 3.81. The molecule has 4 heteroatoms. The van der Waals surface area contributed by atoms with Crippen molar-refractivity contribution in [3.8, 4) is 5.88 Å². The van der Waals surface area contributed by atoms with Gasteiger partial charge in [0, 0.05) is 0 Å². The fourth-order valence-corrected chi connectivity index (χ4v) is 1.01.